The zero-order valence-electron chi connectivity index (χ0n) is 18.3. The fraction of sp³-hybridized carbons (Fsp3) is 0.320. The molecule has 0 bridgehead atoms. The van der Waals surface area contributed by atoms with Gasteiger partial charge in [-0.05, 0) is 56.1 Å². The van der Waals surface area contributed by atoms with Crippen LogP contribution in [0.15, 0.2) is 54.9 Å². The number of piperidine rings is 1. The molecular formula is C25H24ClN5O2. The first-order valence-corrected chi connectivity index (χ1v) is 11.2. The molecular weight excluding hydrogens is 438 g/mol. The maximum Gasteiger partial charge on any atom is 0.213 e. The Morgan fingerprint density at radius 1 is 1.27 bits per heavy atom. The average Bonchev–Trinajstić information content (AvgIpc) is 2.85. The number of halogens is 1. The molecule has 168 valence electrons. The van der Waals surface area contributed by atoms with Gasteiger partial charge in [0.05, 0.1) is 24.1 Å². The third kappa shape index (κ3) is 5.03. The summed E-state index contributed by atoms with van der Waals surface area (Å²) >= 11 is 6.13. The van der Waals surface area contributed by atoms with Gasteiger partial charge in [0, 0.05) is 40.7 Å². The van der Waals surface area contributed by atoms with Crippen molar-refractivity contribution in [3.63, 3.8) is 0 Å². The van der Waals surface area contributed by atoms with Crippen LogP contribution in [-0.2, 0) is 0 Å². The maximum absolute atomic E-state index is 14.0. The summed E-state index contributed by atoms with van der Waals surface area (Å²) in [5.41, 5.74) is 2.08. The lowest BCUT2D eigenvalue weighted by Crippen LogP contribution is -2.49. The van der Waals surface area contributed by atoms with Crippen LogP contribution in [0.2, 0.25) is 5.02 Å². The van der Waals surface area contributed by atoms with E-state index in [0.717, 1.165) is 12.1 Å². The second-order valence-corrected chi connectivity index (χ2v) is 8.66. The molecule has 8 heteroatoms. The van der Waals surface area contributed by atoms with E-state index >= 15 is 0 Å². The minimum Gasteiger partial charge on any atom is -0.478 e. The number of nitriles is 1. The fourth-order valence-electron chi connectivity index (χ4n) is 4.50. The number of benzene rings is 1. The van der Waals surface area contributed by atoms with Crippen molar-refractivity contribution in [3.8, 4) is 11.9 Å². The Labute approximate surface area is 197 Å². The van der Waals surface area contributed by atoms with Gasteiger partial charge in [-0.25, -0.2) is 4.98 Å². The first kappa shape index (κ1) is 22.8. The molecule has 0 aliphatic carbocycles. The Hall–Kier alpha value is -3.34. The number of nitrogens with one attached hydrogen (secondary N) is 1. The Morgan fingerprint density at radius 3 is 2.79 bits per heavy atom. The van der Waals surface area contributed by atoms with Gasteiger partial charge in [0.2, 0.25) is 5.88 Å². The molecule has 2 aromatic heterocycles. The molecule has 7 nitrogen and oxygen atoms in total. The van der Waals surface area contributed by atoms with E-state index in [1.165, 1.54) is 6.20 Å². The Balaban J connectivity index is 1.66. The van der Waals surface area contributed by atoms with E-state index < -0.39 is 5.41 Å². The van der Waals surface area contributed by atoms with Crippen LogP contribution in [0, 0.1) is 23.7 Å². The standard InChI is InChI=1S/C25H24ClN5O2/c1-17-12-20(15-30-31-17)24(32)25(9-11-33-23-7-2-18(13-27)14-29-23)8-10-28-16-22(25)19-3-5-21(26)6-4-19/h2-7,12,14-15,22,28H,8-11,16H2,1H3/t22-,25-/m0/s1. The number of pyridine rings is 1. The number of aromatic nitrogens is 3. The van der Waals surface area contributed by atoms with Crippen molar-refractivity contribution >= 4 is 17.4 Å². The molecule has 1 saturated heterocycles. The zero-order chi connectivity index (χ0) is 23.3. The largest absolute Gasteiger partial charge is 0.478 e. The quantitative estimate of drug-likeness (QED) is 0.528. The molecule has 0 saturated carbocycles. The van der Waals surface area contributed by atoms with E-state index in [-0.39, 0.29) is 11.7 Å². The molecule has 3 heterocycles. The summed E-state index contributed by atoms with van der Waals surface area (Å²) in [6.45, 7) is 3.53. The van der Waals surface area contributed by atoms with Gasteiger partial charge in [0.1, 0.15) is 6.07 Å². The number of carbonyl (C=O) groups is 1. The second-order valence-electron chi connectivity index (χ2n) is 8.22. The molecule has 1 N–H and O–H groups in total. The number of hydrogen-bond donors (Lipinski definition) is 1. The van der Waals surface area contributed by atoms with Crippen LogP contribution in [0.4, 0.5) is 0 Å². The first-order chi connectivity index (χ1) is 16.0. The predicted molar refractivity (Wildman–Crippen MR) is 124 cm³/mol. The maximum atomic E-state index is 14.0. The van der Waals surface area contributed by atoms with Crippen molar-refractivity contribution < 1.29 is 9.53 Å². The van der Waals surface area contributed by atoms with E-state index in [1.54, 1.807) is 24.4 Å². The average molecular weight is 462 g/mol. The minimum absolute atomic E-state index is 0.0401. The molecule has 4 rings (SSSR count). The Morgan fingerprint density at radius 2 is 2.09 bits per heavy atom. The molecule has 1 aromatic carbocycles. The molecule has 0 amide bonds. The highest BCUT2D eigenvalue weighted by atomic mass is 35.5. The first-order valence-electron chi connectivity index (χ1n) is 10.8. The van der Waals surface area contributed by atoms with Gasteiger partial charge in [-0.15, -0.1) is 0 Å². The topological polar surface area (TPSA) is 101 Å². The van der Waals surface area contributed by atoms with E-state index in [9.17, 15) is 4.79 Å². The van der Waals surface area contributed by atoms with Gasteiger partial charge < -0.3 is 10.1 Å². The predicted octanol–water partition coefficient (Wildman–Crippen LogP) is 4.12. The van der Waals surface area contributed by atoms with Crippen LogP contribution in [0.1, 0.15) is 45.9 Å². The van der Waals surface area contributed by atoms with Gasteiger partial charge in [-0.3, -0.25) is 4.79 Å². The lowest BCUT2D eigenvalue weighted by Gasteiger charge is -2.43. The number of carbonyl (C=O) groups excluding carboxylic acids is 1. The monoisotopic (exact) mass is 461 g/mol. The van der Waals surface area contributed by atoms with Crippen molar-refractivity contribution in [1.82, 2.24) is 20.5 Å². The van der Waals surface area contributed by atoms with Crippen molar-refractivity contribution in [2.45, 2.75) is 25.7 Å². The Bertz CT molecular complexity index is 1160. The highest BCUT2D eigenvalue weighted by Crippen LogP contribution is 2.46. The van der Waals surface area contributed by atoms with Crippen LogP contribution in [0.3, 0.4) is 0 Å². The second kappa shape index (κ2) is 10.1. The molecule has 33 heavy (non-hydrogen) atoms. The molecule has 0 radical (unpaired) electrons. The van der Waals surface area contributed by atoms with E-state index in [0.29, 0.717) is 53.7 Å². The lowest BCUT2D eigenvalue weighted by atomic mass is 9.62. The summed E-state index contributed by atoms with van der Waals surface area (Å²) in [5, 5.41) is 21.1. The number of hydrogen-bond acceptors (Lipinski definition) is 7. The SMILES string of the molecule is Cc1cc(C(=O)[C@]2(CCOc3ccc(C#N)cn3)CCNC[C@H]2c2ccc(Cl)cc2)cnn1. The molecule has 1 aliphatic heterocycles. The zero-order valence-corrected chi connectivity index (χ0v) is 19.0. The highest BCUT2D eigenvalue weighted by Gasteiger charge is 2.47. The number of nitrogens with zero attached hydrogens (tertiary/aromatic N) is 4. The van der Waals surface area contributed by atoms with E-state index in [1.807, 2.05) is 37.3 Å². The third-order valence-electron chi connectivity index (χ3n) is 6.19. The van der Waals surface area contributed by atoms with Crippen LogP contribution < -0.4 is 10.1 Å². The van der Waals surface area contributed by atoms with Gasteiger partial charge in [-0.2, -0.15) is 15.5 Å². The summed E-state index contributed by atoms with van der Waals surface area (Å²) in [5.74, 6) is 0.398. The smallest absolute Gasteiger partial charge is 0.213 e. The van der Waals surface area contributed by atoms with E-state index in [2.05, 4.69) is 20.5 Å². The molecule has 0 unspecified atom stereocenters. The third-order valence-corrected chi connectivity index (χ3v) is 6.44. The number of aryl methyl sites for hydroxylation is 1. The number of rotatable bonds is 7. The lowest BCUT2D eigenvalue weighted by molar-refractivity contribution is 0.0597. The summed E-state index contributed by atoms with van der Waals surface area (Å²) in [4.78, 5) is 18.2. The van der Waals surface area contributed by atoms with Gasteiger partial charge in [0.15, 0.2) is 5.78 Å². The highest BCUT2D eigenvalue weighted by molar-refractivity contribution is 6.30. The number of ketones is 1. The molecule has 1 aliphatic rings. The minimum atomic E-state index is -0.693. The van der Waals surface area contributed by atoms with Crippen molar-refractivity contribution in [3.05, 3.63) is 82.3 Å². The van der Waals surface area contributed by atoms with E-state index in [4.69, 9.17) is 21.6 Å². The number of ether oxygens (including phenoxy) is 1. The fourth-order valence-corrected chi connectivity index (χ4v) is 4.62. The van der Waals surface area contributed by atoms with Crippen LogP contribution in [0.5, 0.6) is 5.88 Å². The van der Waals surface area contributed by atoms with Crippen molar-refractivity contribution in [2.75, 3.05) is 19.7 Å². The van der Waals surface area contributed by atoms with Crippen LogP contribution >= 0.6 is 11.6 Å². The van der Waals surface area contributed by atoms with Gasteiger partial charge in [-0.1, -0.05) is 23.7 Å². The summed E-state index contributed by atoms with van der Waals surface area (Å²) in [7, 11) is 0. The molecule has 2 atom stereocenters. The molecule has 0 spiro atoms. The summed E-state index contributed by atoms with van der Waals surface area (Å²) in [6.07, 6.45) is 4.18. The van der Waals surface area contributed by atoms with Gasteiger partial charge >= 0.3 is 0 Å². The molecule has 3 aromatic rings. The normalized spacial score (nSPS) is 20.1. The number of Topliss-reactive ketones (excluding diaryl/α,β-unsaturated/α-hetero) is 1. The summed E-state index contributed by atoms with van der Waals surface area (Å²) in [6, 6.07) is 14.9. The van der Waals surface area contributed by atoms with Gasteiger partial charge in [0.25, 0.3) is 0 Å². The van der Waals surface area contributed by atoms with Crippen molar-refractivity contribution in [1.29, 1.82) is 5.26 Å². The van der Waals surface area contributed by atoms with Crippen molar-refractivity contribution in [2.24, 2.45) is 5.41 Å². The Kier molecular flexibility index (Phi) is 6.97. The molecule has 1 fully saturated rings. The van der Waals surface area contributed by atoms with Crippen LogP contribution in [-0.4, -0.2) is 40.7 Å². The summed E-state index contributed by atoms with van der Waals surface area (Å²) < 4.78 is 5.90. The van der Waals surface area contributed by atoms with Crippen LogP contribution in [0.25, 0.3) is 0 Å².